The highest BCUT2D eigenvalue weighted by Crippen LogP contribution is 2.27. The van der Waals surface area contributed by atoms with E-state index in [9.17, 15) is 4.79 Å². The first-order valence-electron chi connectivity index (χ1n) is 7.66. The van der Waals surface area contributed by atoms with Crippen LogP contribution in [0.25, 0.3) is 11.3 Å². The number of rotatable bonds is 5. The number of aromatic amines is 1. The lowest BCUT2D eigenvalue weighted by Gasteiger charge is -2.09. The van der Waals surface area contributed by atoms with E-state index >= 15 is 0 Å². The number of hydrogen-bond donors (Lipinski definition) is 3. The maximum Gasteiger partial charge on any atom is 0.252 e. The van der Waals surface area contributed by atoms with Gasteiger partial charge < -0.3 is 10.6 Å². The van der Waals surface area contributed by atoms with E-state index in [0.717, 1.165) is 11.3 Å². The molecule has 0 aliphatic rings. The van der Waals surface area contributed by atoms with Crippen molar-refractivity contribution < 1.29 is 4.79 Å². The van der Waals surface area contributed by atoms with Gasteiger partial charge in [-0.15, -0.1) is 0 Å². The van der Waals surface area contributed by atoms with Crippen molar-refractivity contribution in [1.82, 2.24) is 25.5 Å². The zero-order valence-corrected chi connectivity index (χ0v) is 14.4. The van der Waals surface area contributed by atoms with Gasteiger partial charge in [-0.3, -0.25) is 9.89 Å². The molecule has 26 heavy (non-hydrogen) atoms. The van der Waals surface area contributed by atoms with Gasteiger partial charge in [0.25, 0.3) is 5.91 Å². The molecule has 8 nitrogen and oxygen atoms in total. The fourth-order valence-electron chi connectivity index (χ4n) is 2.17. The van der Waals surface area contributed by atoms with Crippen molar-refractivity contribution >= 4 is 29.1 Å². The molecule has 9 heteroatoms. The number of nitriles is 1. The van der Waals surface area contributed by atoms with Gasteiger partial charge in [0.1, 0.15) is 6.04 Å². The molecule has 2 heterocycles. The van der Waals surface area contributed by atoms with Crippen molar-refractivity contribution in [3.8, 4) is 17.3 Å². The summed E-state index contributed by atoms with van der Waals surface area (Å²) in [6.07, 6.45) is 4.78. The van der Waals surface area contributed by atoms with Gasteiger partial charge in [0, 0.05) is 17.3 Å². The molecule has 0 saturated carbocycles. The second-order valence-corrected chi connectivity index (χ2v) is 5.81. The average Bonchev–Trinajstić information content (AvgIpc) is 3.16. The first-order chi connectivity index (χ1) is 12.6. The molecule has 0 aliphatic heterocycles. The summed E-state index contributed by atoms with van der Waals surface area (Å²) in [6.45, 7) is 1.61. The molecule has 0 bridgehead atoms. The van der Waals surface area contributed by atoms with Gasteiger partial charge in [-0.05, 0) is 19.1 Å². The fraction of sp³-hybridized carbons (Fsp3) is 0.118. The molecule has 0 saturated heterocycles. The second kappa shape index (κ2) is 7.63. The molecule has 2 aromatic heterocycles. The SMILES string of the molecule is CC(C#N)NC(=O)c1ccc(-c2nc(Nc3cn[nH]c3)ncc2Cl)cc1. The molecule has 3 rings (SSSR count). The smallest absolute Gasteiger partial charge is 0.252 e. The van der Waals surface area contributed by atoms with Crippen LogP contribution in [-0.2, 0) is 0 Å². The van der Waals surface area contributed by atoms with E-state index in [4.69, 9.17) is 16.9 Å². The Kier molecular flexibility index (Phi) is 5.10. The Morgan fingerprint density at radius 3 is 2.73 bits per heavy atom. The molecule has 1 amide bonds. The van der Waals surface area contributed by atoms with Gasteiger partial charge in [0.2, 0.25) is 5.95 Å². The highest BCUT2D eigenvalue weighted by atomic mass is 35.5. The highest BCUT2D eigenvalue weighted by molar-refractivity contribution is 6.32. The van der Waals surface area contributed by atoms with E-state index in [0.29, 0.717) is 22.2 Å². The Morgan fingerprint density at radius 1 is 1.31 bits per heavy atom. The summed E-state index contributed by atoms with van der Waals surface area (Å²) in [5, 5.41) is 21.3. The Balaban J connectivity index is 1.82. The van der Waals surface area contributed by atoms with E-state index in [1.54, 1.807) is 43.6 Å². The topological polar surface area (TPSA) is 119 Å². The van der Waals surface area contributed by atoms with E-state index in [-0.39, 0.29) is 5.91 Å². The Morgan fingerprint density at radius 2 is 2.08 bits per heavy atom. The summed E-state index contributed by atoms with van der Waals surface area (Å²) in [5.41, 5.74) is 2.43. The predicted octanol–water partition coefficient (Wildman–Crippen LogP) is 2.91. The number of nitrogens with one attached hydrogen (secondary N) is 3. The molecule has 1 atom stereocenters. The van der Waals surface area contributed by atoms with Gasteiger partial charge in [-0.2, -0.15) is 10.4 Å². The summed E-state index contributed by atoms with van der Waals surface area (Å²) in [4.78, 5) is 20.6. The quantitative estimate of drug-likeness (QED) is 0.637. The number of H-pyrrole nitrogens is 1. The fourth-order valence-corrected chi connectivity index (χ4v) is 2.37. The Hall–Kier alpha value is -3.44. The van der Waals surface area contributed by atoms with E-state index < -0.39 is 6.04 Å². The van der Waals surface area contributed by atoms with Crippen molar-refractivity contribution in [3.05, 3.63) is 53.4 Å². The van der Waals surface area contributed by atoms with Crippen LogP contribution in [0.15, 0.2) is 42.9 Å². The zero-order chi connectivity index (χ0) is 18.5. The molecule has 0 radical (unpaired) electrons. The number of carbonyl (C=O) groups is 1. The van der Waals surface area contributed by atoms with Crippen LogP contribution in [0.2, 0.25) is 5.02 Å². The van der Waals surface area contributed by atoms with Crippen molar-refractivity contribution in [1.29, 1.82) is 5.26 Å². The highest BCUT2D eigenvalue weighted by Gasteiger charge is 2.12. The normalized spacial score (nSPS) is 11.4. The minimum atomic E-state index is -0.560. The summed E-state index contributed by atoms with van der Waals surface area (Å²) in [7, 11) is 0. The van der Waals surface area contributed by atoms with E-state index in [1.165, 1.54) is 6.20 Å². The summed E-state index contributed by atoms with van der Waals surface area (Å²) in [6, 6.07) is 8.17. The van der Waals surface area contributed by atoms with Crippen molar-refractivity contribution in [2.45, 2.75) is 13.0 Å². The van der Waals surface area contributed by atoms with Crippen LogP contribution < -0.4 is 10.6 Å². The molecule has 3 aromatic rings. The number of halogens is 1. The van der Waals surface area contributed by atoms with Gasteiger partial charge in [-0.25, -0.2) is 9.97 Å². The Bertz CT molecular complexity index is 948. The van der Waals surface area contributed by atoms with Crippen molar-refractivity contribution in [2.24, 2.45) is 0 Å². The first-order valence-corrected chi connectivity index (χ1v) is 8.04. The molecule has 1 unspecified atom stereocenters. The minimum absolute atomic E-state index is 0.318. The third kappa shape index (κ3) is 3.96. The maximum atomic E-state index is 12.0. The van der Waals surface area contributed by atoms with Crippen LogP contribution in [0.1, 0.15) is 17.3 Å². The van der Waals surface area contributed by atoms with E-state index in [2.05, 4.69) is 30.8 Å². The molecular weight excluding hydrogens is 354 g/mol. The molecule has 130 valence electrons. The molecular formula is C17H14ClN7O. The number of hydrogen-bond acceptors (Lipinski definition) is 6. The summed E-state index contributed by atoms with van der Waals surface area (Å²) in [5.74, 6) is 0.0529. The number of amides is 1. The van der Waals surface area contributed by atoms with Crippen molar-refractivity contribution in [3.63, 3.8) is 0 Å². The third-order valence-corrected chi connectivity index (χ3v) is 3.74. The number of aromatic nitrogens is 4. The molecule has 3 N–H and O–H groups in total. The van der Waals surface area contributed by atoms with Gasteiger partial charge in [0.05, 0.1) is 34.9 Å². The zero-order valence-electron chi connectivity index (χ0n) is 13.7. The van der Waals surface area contributed by atoms with Crippen LogP contribution in [0.4, 0.5) is 11.6 Å². The van der Waals surface area contributed by atoms with Gasteiger partial charge in [0.15, 0.2) is 0 Å². The largest absolute Gasteiger partial charge is 0.337 e. The lowest BCUT2D eigenvalue weighted by Crippen LogP contribution is -2.31. The average molecular weight is 368 g/mol. The minimum Gasteiger partial charge on any atom is -0.337 e. The molecule has 0 fully saturated rings. The monoisotopic (exact) mass is 367 g/mol. The first kappa shape index (κ1) is 17.4. The van der Waals surface area contributed by atoms with Gasteiger partial charge >= 0.3 is 0 Å². The number of nitrogens with zero attached hydrogens (tertiary/aromatic N) is 4. The van der Waals surface area contributed by atoms with Crippen LogP contribution >= 0.6 is 11.6 Å². The lowest BCUT2D eigenvalue weighted by molar-refractivity contribution is 0.0948. The predicted molar refractivity (Wildman–Crippen MR) is 96.9 cm³/mol. The number of carbonyl (C=O) groups excluding carboxylic acids is 1. The van der Waals surface area contributed by atoms with Crippen LogP contribution in [0.5, 0.6) is 0 Å². The summed E-state index contributed by atoms with van der Waals surface area (Å²) >= 11 is 6.22. The van der Waals surface area contributed by atoms with Crippen LogP contribution in [-0.4, -0.2) is 32.1 Å². The van der Waals surface area contributed by atoms with Crippen LogP contribution in [0, 0.1) is 11.3 Å². The third-order valence-electron chi connectivity index (χ3n) is 3.46. The second-order valence-electron chi connectivity index (χ2n) is 5.40. The molecule has 0 spiro atoms. The number of benzene rings is 1. The van der Waals surface area contributed by atoms with Crippen molar-refractivity contribution in [2.75, 3.05) is 5.32 Å². The summed E-state index contributed by atoms with van der Waals surface area (Å²) < 4.78 is 0. The number of anilines is 2. The maximum absolute atomic E-state index is 12.0. The molecule has 0 aliphatic carbocycles. The van der Waals surface area contributed by atoms with E-state index in [1.807, 2.05) is 6.07 Å². The molecule has 1 aromatic carbocycles. The lowest BCUT2D eigenvalue weighted by atomic mass is 10.1. The van der Waals surface area contributed by atoms with Crippen LogP contribution in [0.3, 0.4) is 0 Å². The standard InChI is InChI=1S/C17H14ClN7O/c1-10(6-19)23-16(26)12-4-2-11(3-5-12)15-14(18)9-20-17(25-15)24-13-7-21-22-8-13/h2-5,7-10H,1H3,(H,21,22)(H,23,26)(H,20,24,25). The van der Waals surface area contributed by atoms with Gasteiger partial charge in [-0.1, -0.05) is 23.7 Å². The Labute approximate surface area is 154 Å².